The van der Waals surface area contributed by atoms with Crippen LogP contribution in [0.25, 0.3) is 0 Å². The average Bonchev–Trinajstić information content (AvgIpc) is 2.98. The molecule has 1 fully saturated rings. The molecule has 0 amide bonds. The predicted octanol–water partition coefficient (Wildman–Crippen LogP) is 3.19. The first-order chi connectivity index (χ1) is 12.7. The number of nitrogens with one attached hydrogen (secondary N) is 1. The maximum Gasteiger partial charge on any atom is 0.127 e. The highest BCUT2D eigenvalue weighted by Crippen LogP contribution is 2.27. The van der Waals surface area contributed by atoms with E-state index < -0.39 is 0 Å². The van der Waals surface area contributed by atoms with Gasteiger partial charge in [-0.15, -0.1) is 0 Å². The summed E-state index contributed by atoms with van der Waals surface area (Å²) in [5.41, 5.74) is 3.91. The minimum Gasteiger partial charge on any atom is -0.369 e. The molecule has 2 aromatic rings. The summed E-state index contributed by atoms with van der Waals surface area (Å²) in [6.07, 6.45) is 4.87. The Morgan fingerprint density at radius 3 is 2.65 bits per heavy atom. The Hall–Kier alpha value is -1.72. The number of hydrogen-bond donors (Lipinski definition) is 1. The van der Waals surface area contributed by atoms with Crippen LogP contribution in [0.1, 0.15) is 24.1 Å². The number of piperazine rings is 1. The second-order valence-corrected chi connectivity index (χ2v) is 7.72. The maximum absolute atomic E-state index is 6.33. The molecule has 0 saturated carbocycles. The van der Waals surface area contributed by atoms with Crippen molar-refractivity contribution in [2.45, 2.75) is 25.7 Å². The molecule has 1 aromatic heterocycles. The first kappa shape index (κ1) is 17.7. The van der Waals surface area contributed by atoms with Gasteiger partial charge in [0.15, 0.2) is 0 Å². The van der Waals surface area contributed by atoms with Crippen LogP contribution in [0.2, 0.25) is 5.02 Å². The number of rotatable bonds is 5. The summed E-state index contributed by atoms with van der Waals surface area (Å²) in [6.45, 7) is 6.26. The number of fused-ring (bicyclic) bond motifs is 1. The van der Waals surface area contributed by atoms with E-state index in [0.29, 0.717) is 0 Å². The lowest BCUT2D eigenvalue weighted by Gasteiger charge is -2.36. The van der Waals surface area contributed by atoms with Crippen LogP contribution in [-0.4, -0.2) is 53.9 Å². The molecule has 1 aromatic carbocycles. The Morgan fingerprint density at radius 2 is 1.85 bits per heavy atom. The molecular formula is C20H28ClN5. The van der Waals surface area contributed by atoms with Gasteiger partial charge in [-0.2, -0.15) is 5.10 Å². The van der Waals surface area contributed by atoms with Gasteiger partial charge in [-0.05, 0) is 37.8 Å². The number of aromatic nitrogens is 2. The zero-order valence-corrected chi connectivity index (χ0v) is 16.3. The zero-order valence-electron chi connectivity index (χ0n) is 15.5. The summed E-state index contributed by atoms with van der Waals surface area (Å²) in [5.74, 6) is 1.23. The smallest absolute Gasteiger partial charge is 0.127 e. The van der Waals surface area contributed by atoms with Crippen LogP contribution in [0.4, 0.5) is 11.5 Å². The standard InChI is InChI=1S/C20H28ClN5/c1-24-20(16-6-2-4-8-18(16)23-24)22-10-11-25-12-14-26(15-13-25)19-9-5-3-7-17(19)21/h3,5,7,9,22H,2,4,6,8,10-15H2,1H3. The quantitative estimate of drug-likeness (QED) is 0.873. The van der Waals surface area contributed by atoms with E-state index in [4.69, 9.17) is 11.6 Å². The van der Waals surface area contributed by atoms with E-state index in [-0.39, 0.29) is 0 Å². The molecular weight excluding hydrogens is 346 g/mol. The van der Waals surface area contributed by atoms with Crippen LogP contribution in [0, 0.1) is 0 Å². The van der Waals surface area contributed by atoms with E-state index in [2.05, 4.69) is 39.4 Å². The molecule has 6 heteroatoms. The van der Waals surface area contributed by atoms with Crippen LogP contribution in [-0.2, 0) is 19.9 Å². The minimum absolute atomic E-state index is 0.851. The third-order valence-corrected chi connectivity index (χ3v) is 5.92. The molecule has 1 aliphatic heterocycles. The van der Waals surface area contributed by atoms with Gasteiger partial charge in [-0.3, -0.25) is 9.58 Å². The van der Waals surface area contributed by atoms with Crippen LogP contribution in [0.5, 0.6) is 0 Å². The second-order valence-electron chi connectivity index (χ2n) is 7.31. The number of benzene rings is 1. The molecule has 1 N–H and O–H groups in total. The Balaban J connectivity index is 1.27. The van der Waals surface area contributed by atoms with E-state index in [1.807, 2.05) is 16.8 Å². The normalized spacial score (nSPS) is 18.0. The molecule has 2 heterocycles. The molecule has 0 spiro atoms. The average molecular weight is 374 g/mol. The highest BCUT2D eigenvalue weighted by atomic mass is 35.5. The molecule has 2 aliphatic rings. The second kappa shape index (κ2) is 7.89. The van der Waals surface area contributed by atoms with Gasteiger partial charge in [0.2, 0.25) is 0 Å². The highest BCUT2D eigenvalue weighted by molar-refractivity contribution is 6.33. The Bertz CT molecular complexity index is 749. The molecule has 0 radical (unpaired) electrons. The summed E-state index contributed by atoms with van der Waals surface area (Å²) in [5, 5.41) is 9.18. The Morgan fingerprint density at radius 1 is 1.08 bits per heavy atom. The highest BCUT2D eigenvalue weighted by Gasteiger charge is 2.20. The summed E-state index contributed by atoms with van der Waals surface area (Å²) >= 11 is 6.33. The van der Waals surface area contributed by atoms with Crippen molar-refractivity contribution >= 4 is 23.1 Å². The third-order valence-electron chi connectivity index (χ3n) is 5.60. The third kappa shape index (κ3) is 3.69. The van der Waals surface area contributed by atoms with Crippen LogP contribution < -0.4 is 10.2 Å². The summed E-state index contributed by atoms with van der Waals surface area (Å²) in [4.78, 5) is 4.92. The molecule has 4 rings (SSSR count). The van der Waals surface area contributed by atoms with E-state index in [9.17, 15) is 0 Å². The van der Waals surface area contributed by atoms with Crippen molar-refractivity contribution in [3.8, 4) is 0 Å². The van der Waals surface area contributed by atoms with Gasteiger partial charge >= 0.3 is 0 Å². The summed E-state index contributed by atoms with van der Waals surface area (Å²) in [6, 6.07) is 8.14. The zero-order chi connectivity index (χ0) is 17.9. The molecule has 0 bridgehead atoms. The largest absolute Gasteiger partial charge is 0.369 e. The fourth-order valence-electron chi connectivity index (χ4n) is 4.16. The lowest BCUT2D eigenvalue weighted by Crippen LogP contribution is -2.47. The number of halogens is 1. The first-order valence-corrected chi connectivity index (χ1v) is 10.1. The predicted molar refractivity (Wildman–Crippen MR) is 108 cm³/mol. The van der Waals surface area contributed by atoms with E-state index in [0.717, 1.165) is 56.4 Å². The Kier molecular flexibility index (Phi) is 5.36. The van der Waals surface area contributed by atoms with Crippen molar-refractivity contribution in [2.24, 2.45) is 7.05 Å². The lowest BCUT2D eigenvalue weighted by atomic mass is 9.97. The first-order valence-electron chi connectivity index (χ1n) is 9.73. The SMILES string of the molecule is Cn1nc2c(c1NCCN1CCN(c3ccccc3Cl)CC1)CCCC2. The molecule has 1 saturated heterocycles. The maximum atomic E-state index is 6.33. The number of hydrogen-bond acceptors (Lipinski definition) is 4. The molecule has 0 atom stereocenters. The van der Waals surface area contributed by atoms with Gasteiger partial charge in [0.05, 0.1) is 16.4 Å². The van der Waals surface area contributed by atoms with E-state index in [1.54, 1.807) is 0 Å². The number of para-hydroxylation sites is 1. The van der Waals surface area contributed by atoms with E-state index >= 15 is 0 Å². The van der Waals surface area contributed by atoms with Gasteiger partial charge in [-0.1, -0.05) is 23.7 Å². The van der Waals surface area contributed by atoms with Crippen molar-refractivity contribution in [3.63, 3.8) is 0 Å². The van der Waals surface area contributed by atoms with Gasteiger partial charge in [0, 0.05) is 51.9 Å². The topological polar surface area (TPSA) is 36.3 Å². The van der Waals surface area contributed by atoms with Gasteiger partial charge < -0.3 is 10.2 Å². The number of aryl methyl sites for hydroxylation is 2. The van der Waals surface area contributed by atoms with Crippen molar-refractivity contribution in [3.05, 3.63) is 40.5 Å². The van der Waals surface area contributed by atoms with Crippen molar-refractivity contribution in [2.75, 3.05) is 49.5 Å². The number of anilines is 2. The Labute approximate surface area is 160 Å². The van der Waals surface area contributed by atoms with Crippen molar-refractivity contribution < 1.29 is 0 Å². The molecule has 0 unspecified atom stereocenters. The fourth-order valence-corrected chi connectivity index (χ4v) is 4.41. The van der Waals surface area contributed by atoms with Gasteiger partial charge in [-0.25, -0.2) is 0 Å². The summed E-state index contributed by atoms with van der Waals surface area (Å²) in [7, 11) is 2.06. The molecule has 26 heavy (non-hydrogen) atoms. The van der Waals surface area contributed by atoms with Crippen LogP contribution in [0.3, 0.4) is 0 Å². The monoisotopic (exact) mass is 373 g/mol. The molecule has 140 valence electrons. The van der Waals surface area contributed by atoms with Gasteiger partial charge in [0.25, 0.3) is 0 Å². The van der Waals surface area contributed by atoms with Crippen molar-refractivity contribution in [1.82, 2.24) is 14.7 Å². The van der Waals surface area contributed by atoms with Crippen LogP contribution in [0.15, 0.2) is 24.3 Å². The lowest BCUT2D eigenvalue weighted by molar-refractivity contribution is 0.267. The van der Waals surface area contributed by atoms with Gasteiger partial charge in [0.1, 0.15) is 5.82 Å². The fraction of sp³-hybridized carbons (Fsp3) is 0.550. The van der Waals surface area contributed by atoms with E-state index in [1.165, 1.54) is 36.3 Å². The molecule has 5 nitrogen and oxygen atoms in total. The number of nitrogens with zero attached hydrogens (tertiary/aromatic N) is 4. The molecule has 1 aliphatic carbocycles. The summed E-state index contributed by atoms with van der Waals surface area (Å²) < 4.78 is 2.03. The van der Waals surface area contributed by atoms with Crippen LogP contribution >= 0.6 is 11.6 Å². The van der Waals surface area contributed by atoms with Crippen molar-refractivity contribution in [1.29, 1.82) is 0 Å². The minimum atomic E-state index is 0.851.